The monoisotopic (exact) mass is 368 g/mol. The lowest BCUT2D eigenvalue weighted by Crippen LogP contribution is -2.30. The number of aryl methyl sites for hydroxylation is 1. The summed E-state index contributed by atoms with van der Waals surface area (Å²) in [6.45, 7) is 7.72. The molecule has 0 radical (unpaired) electrons. The Morgan fingerprint density at radius 2 is 1.78 bits per heavy atom. The van der Waals surface area contributed by atoms with Crippen molar-refractivity contribution in [3.05, 3.63) is 59.7 Å². The van der Waals surface area contributed by atoms with E-state index in [-0.39, 0.29) is 11.8 Å². The normalized spacial score (nSPS) is 10.3. The molecular formula is C22H28N2O3. The highest BCUT2D eigenvalue weighted by Crippen LogP contribution is 2.15. The molecule has 1 N–H and O–H groups in total. The lowest BCUT2D eigenvalue weighted by molar-refractivity contribution is -0.116. The van der Waals surface area contributed by atoms with E-state index in [1.54, 1.807) is 29.2 Å². The Balaban J connectivity index is 1.81. The van der Waals surface area contributed by atoms with Gasteiger partial charge < -0.3 is 15.0 Å². The number of carbonyl (C=O) groups excluding carboxylic acids is 2. The minimum absolute atomic E-state index is 0.0253. The number of amides is 2. The first kappa shape index (κ1) is 20.5. The molecule has 0 saturated carbocycles. The maximum atomic E-state index is 12.4. The summed E-state index contributed by atoms with van der Waals surface area (Å²) in [4.78, 5) is 26.3. The van der Waals surface area contributed by atoms with Crippen LogP contribution in [0.25, 0.3) is 0 Å². The van der Waals surface area contributed by atoms with Gasteiger partial charge in [-0.05, 0) is 63.1 Å². The Morgan fingerprint density at radius 3 is 2.48 bits per heavy atom. The first-order valence-electron chi connectivity index (χ1n) is 9.42. The summed E-state index contributed by atoms with van der Waals surface area (Å²) in [5.41, 5.74) is 2.36. The van der Waals surface area contributed by atoms with Crippen LogP contribution in [0.1, 0.15) is 42.6 Å². The number of anilines is 1. The summed E-state index contributed by atoms with van der Waals surface area (Å²) in [6, 6.07) is 14.9. The highest BCUT2D eigenvalue weighted by molar-refractivity contribution is 5.97. The highest BCUT2D eigenvalue weighted by atomic mass is 16.5. The molecule has 0 atom stereocenters. The first-order valence-corrected chi connectivity index (χ1v) is 9.42. The highest BCUT2D eigenvalue weighted by Gasteiger charge is 2.13. The largest absolute Gasteiger partial charge is 0.494 e. The fourth-order valence-corrected chi connectivity index (χ4v) is 2.77. The molecule has 0 spiro atoms. The van der Waals surface area contributed by atoms with Crippen molar-refractivity contribution in [2.24, 2.45) is 0 Å². The number of rotatable bonds is 9. The molecule has 144 valence electrons. The van der Waals surface area contributed by atoms with Crippen LogP contribution in [0.5, 0.6) is 5.75 Å². The van der Waals surface area contributed by atoms with E-state index in [2.05, 4.69) is 5.32 Å². The van der Waals surface area contributed by atoms with Gasteiger partial charge in [-0.15, -0.1) is 0 Å². The van der Waals surface area contributed by atoms with Crippen molar-refractivity contribution in [3.63, 3.8) is 0 Å². The van der Waals surface area contributed by atoms with Crippen molar-refractivity contribution in [3.8, 4) is 5.75 Å². The smallest absolute Gasteiger partial charge is 0.253 e. The summed E-state index contributed by atoms with van der Waals surface area (Å²) < 4.78 is 5.66. The van der Waals surface area contributed by atoms with Gasteiger partial charge in [-0.3, -0.25) is 9.59 Å². The summed E-state index contributed by atoms with van der Waals surface area (Å²) in [5.74, 6) is 0.705. The lowest BCUT2D eigenvalue weighted by atomic mass is 10.1. The minimum atomic E-state index is -0.0877. The van der Waals surface area contributed by atoms with Gasteiger partial charge in [-0.25, -0.2) is 0 Å². The zero-order chi connectivity index (χ0) is 19.6. The van der Waals surface area contributed by atoms with E-state index in [0.29, 0.717) is 43.8 Å². The number of nitrogens with zero attached hydrogens (tertiary/aromatic N) is 1. The molecule has 0 saturated heterocycles. The first-order chi connectivity index (χ1) is 13.0. The van der Waals surface area contributed by atoms with Crippen LogP contribution in [0.4, 0.5) is 5.69 Å². The third-order valence-corrected chi connectivity index (χ3v) is 4.25. The van der Waals surface area contributed by atoms with Crippen molar-refractivity contribution in [2.75, 3.05) is 25.0 Å². The van der Waals surface area contributed by atoms with Crippen molar-refractivity contribution in [1.82, 2.24) is 4.90 Å². The van der Waals surface area contributed by atoms with Crippen LogP contribution < -0.4 is 10.1 Å². The summed E-state index contributed by atoms with van der Waals surface area (Å²) in [6.07, 6.45) is 0.984. The Kier molecular flexibility index (Phi) is 7.86. The van der Waals surface area contributed by atoms with Gasteiger partial charge in [-0.2, -0.15) is 0 Å². The van der Waals surface area contributed by atoms with E-state index < -0.39 is 0 Å². The van der Waals surface area contributed by atoms with Gasteiger partial charge >= 0.3 is 0 Å². The summed E-state index contributed by atoms with van der Waals surface area (Å²) in [5, 5.41) is 2.85. The molecule has 0 aromatic heterocycles. The molecule has 0 aliphatic rings. The van der Waals surface area contributed by atoms with Crippen LogP contribution in [-0.2, 0) is 4.79 Å². The van der Waals surface area contributed by atoms with Crippen molar-refractivity contribution < 1.29 is 14.3 Å². The van der Waals surface area contributed by atoms with Crippen LogP contribution in [0.15, 0.2) is 48.5 Å². The van der Waals surface area contributed by atoms with E-state index >= 15 is 0 Å². The SMILES string of the molecule is CCN(CC)C(=O)c1cccc(NC(=O)CCCOc2cccc(C)c2)c1. The Bertz CT molecular complexity index is 770. The van der Waals surface area contributed by atoms with Crippen LogP contribution in [0, 0.1) is 6.92 Å². The van der Waals surface area contributed by atoms with Gasteiger partial charge in [0.15, 0.2) is 0 Å². The van der Waals surface area contributed by atoms with Gasteiger partial charge in [0.1, 0.15) is 5.75 Å². The van der Waals surface area contributed by atoms with Gasteiger partial charge in [0.2, 0.25) is 5.91 Å². The molecule has 2 aromatic rings. The van der Waals surface area contributed by atoms with Crippen LogP contribution >= 0.6 is 0 Å². The molecular weight excluding hydrogens is 340 g/mol. The Hall–Kier alpha value is -2.82. The molecule has 2 aromatic carbocycles. The molecule has 0 heterocycles. The van der Waals surface area contributed by atoms with Crippen molar-refractivity contribution in [2.45, 2.75) is 33.6 Å². The average Bonchev–Trinajstić information content (AvgIpc) is 2.66. The lowest BCUT2D eigenvalue weighted by Gasteiger charge is -2.19. The number of hydrogen-bond acceptors (Lipinski definition) is 3. The third kappa shape index (κ3) is 6.44. The fourth-order valence-electron chi connectivity index (χ4n) is 2.77. The van der Waals surface area contributed by atoms with Crippen LogP contribution in [0.2, 0.25) is 0 Å². The summed E-state index contributed by atoms with van der Waals surface area (Å²) in [7, 11) is 0. The number of nitrogens with one attached hydrogen (secondary N) is 1. The molecule has 0 bridgehead atoms. The number of benzene rings is 2. The van der Waals surface area contributed by atoms with Gasteiger partial charge in [-0.1, -0.05) is 18.2 Å². The second kappa shape index (κ2) is 10.4. The molecule has 0 unspecified atom stereocenters. The number of ether oxygens (including phenoxy) is 1. The molecule has 5 heteroatoms. The molecule has 0 aliphatic heterocycles. The van der Waals surface area contributed by atoms with Crippen LogP contribution in [-0.4, -0.2) is 36.4 Å². The second-order valence-electron chi connectivity index (χ2n) is 6.37. The minimum Gasteiger partial charge on any atom is -0.494 e. The van der Waals surface area contributed by atoms with E-state index in [0.717, 1.165) is 11.3 Å². The maximum Gasteiger partial charge on any atom is 0.253 e. The predicted molar refractivity (Wildman–Crippen MR) is 108 cm³/mol. The predicted octanol–water partition coefficient (Wildman–Crippen LogP) is 4.27. The third-order valence-electron chi connectivity index (χ3n) is 4.25. The zero-order valence-electron chi connectivity index (χ0n) is 16.3. The number of carbonyl (C=O) groups is 2. The van der Waals surface area contributed by atoms with Crippen molar-refractivity contribution >= 4 is 17.5 Å². The van der Waals surface area contributed by atoms with Gasteiger partial charge in [0.05, 0.1) is 6.61 Å². The maximum absolute atomic E-state index is 12.4. The molecule has 2 rings (SSSR count). The van der Waals surface area contributed by atoms with Crippen LogP contribution in [0.3, 0.4) is 0 Å². The Labute approximate surface area is 161 Å². The fraction of sp³-hybridized carbons (Fsp3) is 0.364. The van der Waals surface area contributed by atoms with E-state index in [4.69, 9.17) is 4.74 Å². The van der Waals surface area contributed by atoms with E-state index in [1.165, 1.54) is 0 Å². The molecule has 2 amide bonds. The van der Waals surface area contributed by atoms with Gasteiger partial charge in [0.25, 0.3) is 5.91 Å². The van der Waals surface area contributed by atoms with E-state index in [1.807, 2.05) is 45.0 Å². The average molecular weight is 368 g/mol. The summed E-state index contributed by atoms with van der Waals surface area (Å²) >= 11 is 0. The van der Waals surface area contributed by atoms with E-state index in [9.17, 15) is 9.59 Å². The molecule has 5 nitrogen and oxygen atoms in total. The van der Waals surface area contributed by atoms with Crippen molar-refractivity contribution in [1.29, 1.82) is 0 Å². The quantitative estimate of drug-likeness (QED) is 0.672. The topological polar surface area (TPSA) is 58.6 Å². The number of hydrogen-bond donors (Lipinski definition) is 1. The van der Waals surface area contributed by atoms with Gasteiger partial charge in [0, 0.05) is 30.8 Å². The standard InChI is InChI=1S/C22H28N2O3/c1-4-24(5-2)22(26)18-10-7-11-19(16-18)23-21(25)13-8-14-27-20-12-6-9-17(3)15-20/h6-7,9-12,15-16H,4-5,8,13-14H2,1-3H3,(H,23,25). The second-order valence-corrected chi connectivity index (χ2v) is 6.37. The Morgan fingerprint density at radius 1 is 1.04 bits per heavy atom. The molecule has 0 fully saturated rings. The molecule has 27 heavy (non-hydrogen) atoms. The zero-order valence-corrected chi connectivity index (χ0v) is 16.3. The molecule has 0 aliphatic carbocycles.